The standard InChI is InChI=1S/C12H23N5O/c1-4-9-10(13)11(16-15-9)12(18)14-7-8-17(5-2)6-3/h4-8,13H2,1-3H3,(H,14,18)(H,15,16). The van der Waals surface area contributed by atoms with Gasteiger partial charge in [-0.05, 0) is 19.5 Å². The maximum Gasteiger partial charge on any atom is 0.273 e. The van der Waals surface area contributed by atoms with Crippen LogP contribution >= 0.6 is 0 Å². The van der Waals surface area contributed by atoms with Crippen molar-refractivity contribution in [2.75, 3.05) is 31.9 Å². The number of nitrogens with one attached hydrogen (secondary N) is 2. The van der Waals surface area contributed by atoms with Crippen LogP contribution in [0.15, 0.2) is 0 Å². The summed E-state index contributed by atoms with van der Waals surface area (Å²) in [5, 5.41) is 9.56. The van der Waals surface area contributed by atoms with Crippen LogP contribution in [0.3, 0.4) is 0 Å². The van der Waals surface area contributed by atoms with Crippen LogP contribution in [-0.4, -0.2) is 47.2 Å². The second kappa shape index (κ2) is 7.00. The highest BCUT2D eigenvalue weighted by molar-refractivity contribution is 5.97. The lowest BCUT2D eigenvalue weighted by atomic mass is 10.2. The van der Waals surface area contributed by atoms with E-state index in [4.69, 9.17) is 5.73 Å². The average Bonchev–Trinajstić information content (AvgIpc) is 2.75. The van der Waals surface area contributed by atoms with Gasteiger partial charge in [-0.25, -0.2) is 0 Å². The van der Waals surface area contributed by atoms with E-state index >= 15 is 0 Å². The van der Waals surface area contributed by atoms with Crippen molar-refractivity contribution >= 4 is 11.6 Å². The molecule has 6 heteroatoms. The molecule has 0 aliphatic carbocycles. The van der Waals surface area contributed by atoms with Crippen molar-refractivity contribution in [1.29, 1.82) is 0 Å². The summed E-state index contributed by atoms with van der Waals surface area (Å²) in [5.41, 5.74) is 7.40. The second-order valence-electron chi connectivity index (χ2n) is 4.10. The molecule has 0 saturated heterocycles. The van der Waals surface area contributed by atoms with Gasteiger partial charge < -0.3 is 16.0 Å². The molecule has 1 heterocycles. The Morgan fingerprint density at radius 3 is 2.56 bits per heavy atom. The van der Waals surface area contributed by atoms with Crippen molar-refractivity contribution < 1.29 is 4.79 Å². The Labute approximate surface area is 108 Å². The molecule has 0 bridgehead atoms. The minimum Gasteiger partial charge on any atom is -0.395 e. The number of nitrogens with zero attached hydrogens (tertiary/aromatic N) is 2. The highest BCUT2D eigenvalue weighted by Crippen LogP contribution is 2.13. The van der Waals surface area contributed by atoms with Crippen molar-refractivity contribution in [3.63, 3.8) is 0 Å². The molecule has 0 unspecified atom stereocenters. The Morgan fingerprint density at radius 2 is 2.06 bits per heavy atom. The molecule has 0 aromatic carbocycles. The zero-order valence-electron chi connectivity index (χ0n) is 11.4. The monoisotopic (exact) mass is 253 g/mol. The van der Waals surface area contributed by atoms with Crippen LogP contribution in [-0.2, 0) is 6.42 Å². The number of nitrogens with two attached hydrogens (primary N) is 1. The van der Waals surface area contributed by atoms with Gasteiger partial charge in [-0.3, -0.25) is 9.89 Å². The Balaban J connectivity index is 2.48. The van der Waals surface area contributed by atoms with Crippen LogP contribution in [0.4, 0.5) is 5.69 Å². The van der Waals surface area contributed by atoms with E-state index in [9.17, 15) is 4.79 Å². The van der Waals surface area contributed by atoms with Crippen molar-refractivity contribution in [1.82, 2.24) is 20.4 Å². The van der Waals surface area contributed by atoms with Gasteiger partial charge >= 0.3 is 0 Å². The normalized spacial score (nSPS) is 10.9. The van der Waals surface area contributed by atoms with Gasteiger partial charge in [0, 0.05) is 13.1 Å². The topological polar surface area (TPSA) is 87.0 Å². The fourth-order valence-corrected chi connectivity index (χ4v) is 1.78. The number of likely N-dealkylation sites (N-methyl/N-ethyl adjacent to an activating group) is 1. The van der Waals surface area contributed by atoms with Crippen LogP contribution in [0.2, 0.25) is 0 Å². The Bertz CT molecular complexity index is 384. The number of amides is 1. The number of aromatic nitrogens is 2. The number of anilines is 1. The summed E-state index contributed by atoms with van der Waals surface area (Å²) in [6.45, 7) is 9.58. The fourth-order valence-electron chi connectivity index (χ4n) is 1.78. The van der Waals surface area contributed by atoms with Gasteiger partial charge in [0.25, 0.3) is 5.91 Å². The highest BCUT2D eigenvalue weighted by atomic mass is 16.1. The minimum atomic E-state index is -0.212. The third kappa shape index (κ3) is 3.46. The highest BCUT2D eigenvalue weighted by Gasteiger charge is 2.15. The summed E-state index contributed by atoms with van der Waals surface area (Å²) < 4.78 is 0. The molecule has 1 amide bonds. The van der Waals surface area contributed by atoms with E-state index in [2.05, 4.69) is 34.3 Å². The number of hydrogen-bond acceptors (Lipinski definition) is 4. The number of rotatable bonds is 7. The summed E-state index contributed by atoms with van der Waals surface area (Å²) in [6.07, 6.45) is 0.742. The predicted molar refractivity (Wildman–Crippen MR) is 72.5 cm³/mol. The van der Waals surface area contributed by atoms with E-state index in [1.807, 2.05) is 6.92 Å². The summed E-state index contributed by atoms with van der Waals surface area (Å²) in [6, 6.07) is 0. The SMILES string of the molecule is CCc1[nH]nc(C(=O)NCCN(CC)CC)c1N. The first kappa shape index (κ1) is 14.5. The maximum atomic E-state index is 11.9. The van der Waals surface area contributed by atoms with Crippen LogP contribution in [0, 0.1) is 0 Å². The summed E-state index contributed by atoms with van der Waals surface area (Å²) in [7, 11) is 0. The Kier molecular flexibility index (Phi) is 5.64. The summed E-state index contributed by atoms with van der Waals surface area (Å²) >= 11 is 0. The van der Waals surface area contributed by atoms with Crippen LogP contribution in [0.25, 0.3) is 0 Å². The third-order valence-corrected chi connectivity index (χ3v) is 3.06. The number of nitrogen functional groups attached to an aromatic ring is 1. The van der Waals surface area contributed by atoms with E-state index in [-0.39, 0.29) is 5.91 Å². The lowest BCUT2D eigenvalue weighted by molar-refractivity contribution is 0.0945. The predicted octanol–water partition coefficient (Wildman–Crippen LogP) is 0.626. The van der Waals surface area contributed by atoms with E-state index < -0.39 is 0 Å². The van der Waals surface area contributed by atoms with E-state index in [1.165, 1.54) is 0 Å². The van der Waals surface area contributed by atoms with Gasteiger partial charge in [0.2, 0.25) is 0 Å². The van der Waals surface area contributed by atoms with Gasteiger partial charge in [0.1, 0.15) is 0 Å². The number of hydrogen-bond donors (Lipinski definition) is 3. The molecule has 0 saturated carbocycles. The molecule has 0 radical (unpaired) electrons. The minimum absolute atomic E-state index is 0.212. The molecule has 18 heavy (non-hydrogen) atoms. The maximum absolute atomic E-state index is 11.9. The number of carbonyl (C=O) groups excluding carboxylic acids is 1. The third-order valence-electron chi connectivity index (χ3n) is 3.06. The summed E-state index contributed by atoms with van der Waals surface area (Å²) in [4.78, 5) is 14.1. The molecule has 6 nitrogen and oxygen atoms in total. The first-order valence-electron chi connectivity index (χ1n) is 6.47. The van der Waals surface area contributed by atoms with E-state index in [1.54, 1.807) is 0 Å². The molecule has 1 aromatic heterocycles. The molecule has 1 rings (SSSR count). The van der Waals surface area contributed by atoms with Gasteiger partial charge in [-0.15, -0.1) is 0 Å². The number of carbonyl (C=O) groups is 1. The number of aromatic amines is 1. The molecule has 0 spiro atoms. The first-order valence-corrected chi connectivity index (χ1v) is 6.47. The van der Waals surface area contributed by atoms with Gasteiger partial charge in [0.05, 0.1) is 11.4 Å². The van der Waals surface area contributed by atoms with Crippen molar-refractivity contribution in [3.05, 3.63) is 11.4 Å². The van der Waals surface area contributed by atoms with Crippen LogP contribution < -0.4 is 11.1 Å². The fraction of sp³-hybridized carbons (Fsp3) is 0.667. The van der Waals surface area contributed by atoms with E-state index in [0.717, 1.165) is 31.7 Å². The molecule has 4 N–H and O–H groups in total. The molecule has 0 atom stereocenters. The Hall–Kier alpha value is -1.56. The lowest BCUT2D eigenvalue weighted by Gasteiger charge is -2.17. The van der Waals surface area contributed by atoms with E-state index in [0.29, 0.717) is 17.9 Å². The summed E-state index contributed by atoms with van der Waals surface area (Å²) in [5.74, 6) is -0.212. The number of H-pyrrole nitrogens is 1. The zero-order valence-corrected chi connectivity index (χ0v) is 11.4. The average molecular weight is 253 g/mol. The Morgan fingerprint density at radius 1 is 1.39 bits per heavy atom. The molecule has 1 aromatic rings. The lowest BCUT2D eigenvalue weighted by Crippen LogP contribution is -2.35. The van der Waals surface area contributed by atoms with Gasteiger partial charge in [-0.2, -0.15) is 5.10 Å². The quantitative estimate of drug-likeness (QED) is 0.665. The first-order chi connectivity index (χ1) is 8.63. The second-order valence-corrected chi connectivity index (χ2v) is 4.10. The molecule has 102 valence electrons. The number of aryl methyl sites for hydroxylation is 1. The van der Waals surface area contributed by atoms with Crippen molar-refractivity contribution in [2.24, 2.45) is 0 Å². The zero-order chi connectivity index (χ0) is 13.5. The van der Waals surface area contributed by atoms with Crippen molar-refractivity contribution in [2.45, 2.75) is 27.2 Å². The molecule has 0 aliphatic rings. The van der Waals surface area contributed by atoms with Crippen LogP contribution in [0.5, 0.6) is 0 Å². The van der Waals surface area contributed by atoms with Gasteiger partial charge in [-0.1, -0.05) is 20.8 Å². The van der Waals surface area contributed by atoms with Crippen molar-refractivity contribution in [3.8, 4) is 0 Å². The molecule has 0 aliphatic heterocycles. The largest absolute Gasteiger partial charge is 0.395 e. The molecular formula is C12H23N5O. The van der Waals surface area contributed by atoms with Crippen LogP contribution in [0.1, 0.15) is 37.0 Å². The van der Waals surface area contributed by atoms with Gasteiger partial charge in [0.15, 0.2) is 5.69 Å². The molecular weight excluding hydrogens is 230 g/mol. The molecule has 0 fully saturated rings. The smallest absolute Gasteiger partial charge is 0.273 e.